The molecule has 1 atom stereocenters. The minimum absolute atomic E-state index is 0.126. The van der Waals surface area contributed by atoms with E-state index in [4.69, 9.17) is 4.74 Å². The van der Waals surface area contributed by atoms with Crippen molar-refractivity contribution >= 4 is 12.0 Å². The van der Waals surface area contributed by atoms with Gasteiger partial charge in [-0.1, -0.05) is 38.0 Å². The van der Waals surface area contributed by atoms with E-state index in [0.717, 1.165) is 25.7 Å². The number of carbonyl (C=O) groups excluding carboxylic acids is 2. The highest BCUT2D eigenvalue weighted by atomic mass is 19.1. The van der Waals surface area contributed by atoms with Crippen LogP contribution in [0.25, 0.3) is 0 Å². The second-order valence-electron chi connectivity index (χ2n) is 8.52. The highest BCUT2D eigenvalue weighted by Gasteiger charge is 2.36. The molecule has 2 N–H and O–H groups in total. The van der Waals surface area contributed by atoms with Crippen LogP contribution in [0.2, 0.25) is 0 Å². The molecule has 150 valence electrons. The Hall–Kier alpha value is -2.11. The Morgan fingerprint density at radius 1 is 1.22 bits per heavy atom. The van der Waals surface area contributed by atoms with Gasteiger partial charge in [0.1, 0.15) is 11.4 Å². The maximum atomic E-state index is 13.9. The van der Waals surface area contributed by atoms with Crippen molar-refractivity contribution in [2.45, 2.75) is 76.9 Å². The van der Waals surface area contributed by atoms with E-state index in [9.17, 15) is 14.0 Å². The molecule has 1 aliphatic rings. The quantitative estimate of drug-likeness (QED) is 0.777. The molecule has 1 unspecified atom stereocenters. The lowest BCUT2D eigenvalue weighted by Gasteiger charge is -2.31. The molecule has 1 fully saturated rings. The third-order valence-electron chi connectivity index (χ3n) is 4.86. The van der Waals surface area contributed by atoms with Crippen molar-refractivity contribution in [2.24, 2.45) is 0 Å². The van der Waals surface area contributed by atoms with E-state index in [1.807, 2.05) is 27.7 Å². The molecule has 0 heterocycles. The number of alkyl carbamates (subject to hydrolysis) is 1. The van der Waals surface area contributed by atoms with Crippen molar-refractivity contribution < 1.29 is 18.7 Å². The van der Waals surface area contributed by atoms with Crippen LogP contribution in [-0.4, -0.2) is 29.7 Å². The number of rotatable bonds is 6. The van der Waals surface area contributed by atoms with Crippen LogP contribution in [0.3, 0.4) is 0 Å². The smallest absolute Gasteiger partial charge is 0.407 e. The van der Waals surface area contributed by atoms with Crippen molar-refractivity contribution in [3.05, 3.63) is 35.6 Å². The number of hydrogen-bond acceptors (Lipinski definition) is 3. The lowest BCUT2D eigenvalue weighted by atomic mass is 9.94. The zero-order chi connectivity index (χ0) is 20.1. The third kappa shape index (κ3) is 6.52. The first-order valence-corrected chi connectivity index (χ1v) is 9.62. The Bertz CT molecular complexity index is 664. The van der Waals surface area contributed by atoms with Crippen LogP contribution in [0.4, 0.5) is 9.18 Å². The fourth-order valence-electron chi connectivity index (χ4n) is 3.56. The zero-order valence-corrected chi connectivity index (χ0v) is 16.7. The van der Waals surface area contributed by atoms with E-state index in [0.29, 0.717) is 12.1 Å². The van der Waals surface area contributed by atoms with E-state index in [1.165, 1.54) is 6.07 Å². The Balaban J connectivity index is 1.93. The number of hydrogen-bond donors (Lipinski definition) is 2. The van der Waals surface area contributed by atoms with E-state index < -0.39 is 17.2 Å². The van der Waals surface area contributed by atoms with Crippen molar-refractivity contribution in [2.75, 3.05) is 6.54 Å². The number of ether oxygens (including phenoxy) is 1. The predicted molar refractivity (Wildman–Crippen MR) is 103 cm³/mol. The Morgan fingerprint density at radius 2 is 1.85 bits per heavy atom. The highest BCUT2D eigenvalue weighted by Crippen LogP contribution is 2.30. The standard InChI is InChI=1S/C21H31FN2O3/c1-15(16-9-5-6-10-17(16)22)13-18(25)24-21(11-7-8-12-21)14-23-19(26)27-20(2,3)4/h5-6,9-10,15H,7-8,11-14H2,1-4H3,(H,23,26)(H,24,25). The molecule has 27 heavy (non-hydrogen) atoms. The first-order chi connectivity index (χ1) is 12.6. The van der Waals surface area contributed by atoms with Gasteiger partial charge in [0.2, 0.25) is 5.91 Å². The molecule has 2 amide bonds. The first-order valence-electron chi connectivity index (χ1n) is 9.62. The molecule has 0 aliphatic heterocycles. The maximum Gasteiger partial charge on any atom is 0.407 e. The van der Waals surface area contributed by atoms with Crippen molar-refractivity contribution in [1.29, 1.82) is 0 Å². The molecule has 1 aromatic carbocycles. The van der Waals surface area contributed by atoms with E-state index >= 15 is 0 Å². The summed E-state index contributed by atoms with van der Waals surface area (Å²) >= 11 is 0. The van der Waals surface area contributed by atoms with Gasteiger partial charge in [-0.05, 0) is 51.2 Å². The summed E-state index contributed by atoms with van der Waals surface area (Å²) in [5.74, 6) is -0.637. The number of benzene rings is 1. The van der Waals surface area contributed by atoms with Crippen LogP contribution in [-0.2, 0) is 9.53 Å². The molecule has 0 radical (unpaired) electrons. The average Bonchev–Trinajstić information content (AvgIpc) is 3.00. The molecule has 6 heteroatoms. The Labute approximate surface area is 161 Å². The lowest BCUT2D eigenvalue weighted by molar-refractivity contribution is -0.123. The van der Waals surface area contributed by atoms with E-state index in [1.54, 1.807) is 18.2 Å². The van der Waals surface area contributed by atoms with Gasteiger partial charge in [0.25, 0.3) is 0 Å². The molecular formula is C21H31FN2O3. The first kappa shape index (κ1) is 21.2. The van der Waals surface area contributed by atoms with Crippen molar-refractivity contribution in [1.82, 2.24) is 10.6 Å². The second kappa shape index (κ2) is 8.72. The summed E-state index contributed by atoms with van der Waals surface area (Å²) < 4.78 is 19.2. The summed E-state index contributed by atoms with van der Waals surface area (Å²) in [6, 6.07) is 6.53. The van der Waals surface area contributed by atoms with Crippen LogP contribution in [0.1, 0.15) is 71.3 Å². The van der Waals surface area contributed by atoms with Crippen LogP contribution < -0.4 is 10.6 Å². The van der Waals surface area contributed by atoms with Gasteiger partial charge in [0.05, 0.1) is 5.54 Å². The molecule has 0 spiro atoms. The van der Waals surface area contributed by atoms with Gasteiger partial charge in [0.15, 0.2) is 0 Å². The van der Waals surface area contributed by atoms with Crippen LogP contribution in [0.15, 0.2) is 24.3 Å². The maximum absolute atomic E-state index is 13.9. The van der Waals surface area contributed by atoms with Gasteiger partial charge in [-0.25, -0.2) is 9.18 Å². The molecule has 0 aromatic heterocycles. The van der Waals surface area contributed by atoms with Gasteiger partial charge in [-0.3, -0.25) is 4.79 Å². The van der Waals surface area contributed by atoms with Crippen LogP contribution in [0.5, 0.6) is 0 Å². The molecule has 1 aromatic rings. The lowest BCUT2D eigenvalue weighted by Crippen LogP contribution is -2.54. The molecular weight excluding hydrogens is 347 g/mol. The monoisotopic (exact) mass is 378 g/mol. The molecule has 2 rings (SSSR count). The molecule has 1 saturated carbocycles. The fraction of sp³-hybridized carbons (Fsp3) is 0.619. The van der Waals surface area contributed by atoms with Crippen LogP contribution >= 0.6 is 0 Å². The fourth-order valence-corrected chi connectivity index (χ4v) is 3.56. The predicted octanol–water partition coefficient (Wildman–Crippen LogP) is 4.27. The third-order valence-corrected chi connectivity index (χ3v) is 4.86. The minimum atomic E-state index is -0.564. The summed E-state index contributed by atoms with van der Waals surface area (Å²) in [6.07, 6.45) is 3.33. The second-order valence-corrected chi connectivity index (χ2v) is 8.52. The number of amides is 2. The van der Waals surface area contributed by atoms with Gasteiger partial charge in [0, 0.05) is 13.0 Å². The van der Waals surface area contributed by atoms with E-state index in [2.05, 4.69) is 10.6 Å². The number of nitrogens with one attached hydrogen (secondary N) is 2. The van der Waals surface area contributed by atoms with Gasteiger partial charge in [-0.2, -0.15) is 0 Å². The molecule has 1 aliphatic carbocycles. The van der Waals surface area contributed by atoms with Crippen molar-refractivity contribution in [3.63, 3.8) is 0 Å². The van der Waals surface area contributed by atoms with Gasteiger partial charge < -0.3 is 15.4 Å². The van der Waals surface area contributed by atoms with Crippen LogP contribution in [0, 0.1) is 5.82 Å². The largest absolute Gasteiger partial charge is 0.444 e. The van der Waals surface area contributed by atoms with Gasteiger partial charge >= 0.3 is 6.09 Å². The molecule has 5 nitrogen and oxygen atoms in total. The summed E-state index contributed by atoms with van der Waals surface area (Å²) in [5.41, 5.74) is -0.478. The summed E-state index contributed by atoms with van der Waals surface area (Å²) in [4.78, 5) is 24.6. The normalized spacial score (nSPS) is 17.2. The number of carbonyl (C=O) groups is 2. The zero-order valence-electron chi connectivity index (χ0n) is 16.7. The highest BCUT2D eigenvalue weighted by molar-refractivity contribution is 5.78. The SMILES string of the molecule is CC(CC(=O)NC1(CNC(=O)OC(C)(C)C)CCCC1)c1ccccc1F. The average molecular weight is 378 g/mol. The number of halogens is 1. The molecule has 0 bridgehead atoms. The Kier molecular flexibility index (Phi) is 6.84. The summed E-state index contributed by atoms with van der Waals surface area (Å²) in [5, 5.41) is 5.88. The van der Waals surface area contributed by atoms with E-state index in [-0.39, 0.29) is 24.1 Å². The molecule has 0 saturated heterocycles. The van der Waals surface area contributed by atoms with Crippen molar-refractivity contribution in [3.8, 4) is 0 Å². The topological polar surface area (TPSA) is 67.4 Å². The summed E-state index contributed by atoms with van der Waals surface area (Å²) in [6.45, 7) is 7.61. The summed E-state index contributed by atoms with van der Waals surface area (Å²) in [7, 11) is 0. The van der Waals surface area contributed by atoms with Gasteiger partial charge in [-0.15, -0.1) is 0 Å². The Morgan fingerprint density at radius 3 is 2.44 bits per heavy atom. The minimum Gasteiger partial charge on any atom is -0.444 e.